The zero-order valence-electron chi connectivity index (χ0n) is 10.8. The minimum Gasteiger partial charge on any atom is -0.379 e. The van der Waals surface area contributed by atoms with Gasteiger partial charge < -0.3 is 19.5 Å². The summed E-state index contributed by atoms with van der Waals surface area (Å²) >= 11 is 0. The molecule has 0 aliphatic carbocycles. The molecule has 0 spiro atoms. The number of rotatable bonds is 7. The van der Waals surface area contributed by atoms with E-state index < -0.39 is 0 Å². The van der Waals surface area contributed by atoms with Crippen molar-refractivity contribution < 1.29 is 14.2 Å². The fourth-order valence-electron chi connectivity index (χ4n) is 2.12. The summed E-state index contributed by atoms with van der Waals surface area (Å²) < 4.78 is 17.3. The molecular formula is C12H25NO3. The minimum atomic E-state index is -0.293. The smallest absolute Gasteiger partial charge is 0.118 e. The SMILES string of the molecule is CCOCC(CC)(OCC)C1CNCCO1. The molecule has 2 unspecified atom stereocenters. The van der Waals surface area contributed by atoms with Gasteiger partial charge in [-0.2, -0.15) is 0 Å². The Morgan fingerprint density at radius 2 is 2.12 bits per heavy atom. The monoisotopic (exact) mass is 231 g/mol. The average Bonchev–Trinajstić information content (AvgIpc) is 2.36. The largest absolute Gasteiger partial charge is 0.379 e. The van der Waals surface area contributed by atoms with Gasteiger partial charge in [0.2, 0.25) is 0 Å². The lowest BCUT2D eigenvalue weighted by atomic mass is 9.93. The Hall–Kier alpha value is -0.160. The van der Waals surface area contributed by atoms with Gasteiger partial charge in [0, 0.05) is 26.3 Å². The first-order chi connectivity index (χ1) is 7.79. The molecule has 1 heterocycles. The number of nitrogens with one attached hydrogen (secondary N) is 1. The highest BCUT2D eigenvalue weighted by Crippen LogP contribution is 2.25. The lowest BCUT2D eigenvalue weighted by Gasteiger charge is -2.41. The zero-order chi connectivity index (χ0) is 11.9. The van der Waals surface area contributed by atoms with Crippen LogP contribution in [-0.4, -0.2) is 51.2 Å². The molecule has 1 N–H and O–H groups in total. The van der Waals surface area contributed by atoms with Crippen LogP contribution in [0.25, 0.3) is 0 Å². The molecular weight excluding hydrogens is 206 g/mol. The van der Waals surface area contributed by atoms with Crippen LogP contribution >= 0.6 is 0 Å². The summed E-state index contributed by atoms with van der Waals surface area (Å²) in [7, 11) is 0. The summed E-state index contributed by atoms with van der Waals surface area (Å²) in [5.74, 6) is 0. The molecule has 0 radical (unpaired) electrons. The van der Waals surface area contributed by atoms with Crippen LogP contribution in [0.3, 0.4) is 0 Å². The van der Waals surface area contributed by atoms with E-state index in [1.54, 1.807) is 0 Å². The van der Waals surface area contributed by atoms with E-state index in [2.05, 4.69) is 12.2 Å². The molecule has 1 aliphatic rings. The van der Waals surface area contributed by atoms with Gasteiger partial charge in [0.15, 0.2) is 0 Å². The molecule has 0 amide bonds. The summed E-state index contributed by atoms with van der Waals surface area (Å²) in [6.45, 7) is 10.7. The summed E-state index contributed by atoms with van der Waals surface area (Å²) in [5.41, 5.74) is -0.293. The van der Waals surface area contributed by atoms with E-state index in [1.165, 1.54) is 0 Å². The Balaban J connectivity index is 2.64. The van der Waals surface area contributed by atoms with Gasteiger partial charge in [-0.3, -0.25) is 0 Å². The van der Waals surface area contributed by atoms with E-state index in [0.717, 1.165) is 32.7 Å². The van der Waals surface area contributed by atoms with Crippen LogP contribution in [0.4, 0.5) is 0 Å². The minimum absolute atomic E-state index is 0.0951. The second-order valence-electron chi connectivity index (χ2n) is 4.05. The van der Waals surface area contributed by atoms with Crippen LogP contribution in [0, 0.1) is 0 Å². The fourth-order valence-corrected chi connectivity index (χ4v) is 2.12. The van der Waals surface area contributed by atoms with E-state index in [4.69, 9.17) is 14.2 Å². The Kier molecular flexibility index (Phi) is 6.28. The molecule has 1 fully saturated rings. The first-order valence-electron chi connectivity index (χ1n) is 6.33. The van der Waals surface area contributed by atoms with E-state index in [1.807, 2.05) is 13.8 Å². The highest BCUT2D eigenvalue weighted by atomic mass is 16.6. The van der Waals surface area contributed by atoms with Gasteiger partial charge in [-0.15, -0.1) is 0 Å². The van der Waals surface area contributed by atoms with Gasteiger partial charge in [-0.1, -0.05) is 6.92 Å². The van der Waals surface area contributed by atoms with Crippen molar-refractivity contribution in [2.75, 3.05) is 39.5 Å². The van der Waals surface area contributed by atoms with Crippen LogP contribution in [0.2, 0.25) is 0 Å². The highest BCUT2D eigenvalue weighted by Gasteiger charge is 2.40. The summed E-state index contributed by atoms with van der Waals surface area (Å²) in [4.78, 5) is 0. The normalized spacial score (nSPS) is 25.3. The molecule has 4 heteroatoms. The zero-order valence-corrected chi connectivity index (χ0v) is 10.8. The summed E-state index contributed by atoms with van der Waals surface area (Å²) in [6.07, 6.45) is 1.01. The average molecular weight is 231 g/mol. The molecule has 2 atom stereocenters. The highest BCUT2D eigenvalue weighted by molar-refractivity contribution is 4.91. The third-order valence-electron chi connectivity index (χ3n) is 3.10. The van der Waals surface area contributed by atoms with Gasteiger partial charge >= 0.3 is 0 Å². The Morgan fingerprint density at radius 3 is 2.62 bits per heavy atom. The second-order valence-corrected chi connectivity index (χ2v) is 4.05. The molecule has 16 heavy (non-hydrogen) atoms. The molecule has 0 bridgehead atoms. The van der Waals surface area contributed by atoms with Gasteiger partial charge in [-0.05, 0) is 20.3 Å². The van der Waals surface area contributed by atoms with Crippen molar-refractivity contribution in [2.45, 2.75) is 38.9 Å². The first kappa shape index (κ1) is 13.9. The van der Waals surface area contributed by atoms with E-state index in [9.17, 15) is 0 Å². The summed E-state index contributed by atoms with van der Waals surface area (Å²) in [6, 6.07) is 0. The van der Waals surface area contributed by atoms with Gasteiger partial charge in [0.1, 0.15) is 11.7 Å². The fraction of sp³-hybridized carbons (Fsp3) is 1.00. The molecule has 1 saturated heterocycles. The van der Waals surface area contributed by atoms with Crippen molar-refractivity contribution in [2.24, 2.45) is 0 Å². The molecule has 4 nitrogen and oxygen atoms in total. The summed E-state index contributed by atoms with van der Waals surface area (Å²) in [5, 5.41) is 3.35. The van der Waals surface area contributed by atoms with Crippen LogP contribution in [0.5, 0.6) is 0 Å². The lowest BCUT2D eigenvalue weighted by molar-refractivity contribution is -0.180. The van der Waals surface area contributed by atoms with Crippen molar-refractivity contribution in [3.63, 3.8) is 0 Å². The maximum atomic E-state index is 5.93. The predicted molar refractivity (Wildman–Crippen MR) is 63.8 cm³/mol. The Bertz CT molecular complexity index is 183. The second kappa shape index (κ2) is 7.22. The quantitative estimate of drug-likeness (QED) is 0.714. The maximum absolute atomic E-state index is 5.93. The standard InChI is InChI=1S/C12H25NO3/c1-4-12(16-6-3,10-14-5-2)11-9-13-7-8-15-11/h11,13H,4-10H2,1-3H3. The third kappa shape index (κ3) is 3.42. The van der Waals surface area contributed by atoms with Crippen molar-refractivity contribution >= 4 is 0 Å². The van der Waals surface area contributed by atoms with Crippen LogP contribution in [-0.2, 0) is 14.2 Å². The lowest BCUT2D eigenvalue weighted by Crippen LogP contribution is -2.57. The predicted octanol–water partition coefficient (Wildman–Crippen LogP) is 1.20. The van der Waals surface area contributed by atoms with Gasteiger partial charge in [-0.25, -0.2) is 0 Å². The molecule has 0 aromatic heterocycles. The van der Waals surface area contributed by atoms with Crippen molar-refractivity contribution in [3.05, 3.63) is 0 Å². The third-order valence-corrected chi connectivity index (χ3v) is 3.10. The van der Waals surface area contributed by atoms with Crippen molar-refractivity contribution in [3.8, 4) is 0 Å². The maximum Gasteiger partial charge on any atom is 0.118 e. The number of ether oxygens (including phenoxy) is 3. The molecule has 0 saturated carbocycles. The van der Waals surface area contributed by atoms with Crippen LogP contribution < -0.4 is 5.32 Å². The van der Waals surface area contributed by atoms with Gasteiger partial charge in [0.25, 0.3) is 0 Å². The number of morpholine rings is 1. The molecule has 1 aliphatic heterocycles. The van der Waals surface area contributed by atoms with E-state index in [-0.39, 0.29) is 11.7 Å². The molecule has 96 valence electrons. The first-order valence-corrected chi connectivity index (χ1v) is 6.33. The Morgan fingerprint density at radius 1 is 1.31 bits per heavy atom. The molecule has 0 aromatic carbocycles. The number of hydrogen-bond acceptors (Lipinski definition) is 4. The van der Waals surface area contributed by atoms with E-state index in [0.29, 0.717) is 13.2 Å². The van der Waals surface area contributed by atoms with Crippen LogP contribution in [0.1, 0.15) is 27.2 Å². The Labute approximate surface area is 98.6 Å². The van der Waals surface area contributed by atoms with Crippen molar-refractivity contribution in [1.82, 2.24) is 5.32 Å². The van der Waals surface area contributed by atoms with Gasteiger partial charge in [0.05, 0.1) is 13.2 Å². The van der Waals surface area contributed by atoms with Crippen LogP contribution in [0.15, 0.2) is 0 Å². The molecule has 1 rings (SSSR count). The number of hydrogen-bond donors (Lipinski definition) is 1. The van der Waals surface area contributed by atoms with E-state index >= 15 is 0 Å². The van der Waals surface area contributed by atoms with Crippen molar-refractivity contribution in [1.29, 1.82) is 0 Å². The molecule has 0 aromatic rings. The topological polar surface area (TPSA) is 39.7 Å².